The van der Waals surface area contributed by atoms with Crippen LogP contribution >= 0.6 is 0 Å². The zero-order valence-electron chi connectivity index (χ0n) is 6.84. The Bertz CT molecular complexity index is 173. The van der Waals surface area contributed by atoms with Crippen molar-refractivity contribution in [1.82, 2.24) is 5.32 Å². The molecule has 1 saturated heterocycles. The van der Waals surface area contributed by atoms with E-state index in [2.05, 4.69) is 17.2 Å². The van der Waals surface area contributed by atoms with Crippen LogP contribution in [0.5, 0.6) is 0 Å². The Morgan fingerprint density at radius 3 is 3.09 bits per heavy atom. The van der Waals surface area contributed by atoms with Gasteiger partial charge in [-0.05, 0) is 26.3 Å². The molecule has 0 aromatic rings. The molecule has 0 spiro atoms. The van der Waals surface area contributed by atoms with Crippen LogP contribution in [0.2, 0.25) is 0 Å². The van der Waals surface area contributed by atoms with E-state index in [-0.39, 0.29) is 0 Å². The number of nitrogens with zero attached hydrogens (tertiary/aromatic N) is 1. The van der Waals surface area contributed by atoms with Crippen LogP contribution in [-0.4, -0.2) is 31.1 Å². The third-order valence-corrected chi connectivity index (χ3v) is 2.18. The van der Waals surface area contributed by atoms with Gasteiger partial charge in [0, 0.05) is 0 Å². The van der Waals surface area contributed by atoms with Crippen molar-refractivity contribution in [2.24, 2.45) is 4.99 Å². The van der Waals surface area contributed by atoms with Crippen LogP contribution in [0.1, 0.15) is 19.8 Å². The summed E-state index contributed by atoms with van der Waals surface area (Å²) in [7, 11) is 0. The molecule has 0 saturated carbocycles. The quantitative estimate of drug-likeness (QED) is 0.598. The number of nitrogens with one attached hydrogen (secondary N) is 1. The molecule has 0 aromatic carbocycles. The molecule has 62 valence electrons. The Morgan fingerprint density at radius 2 is 2.55 bits per heavy atom. The molecule has 0 aliphatic carbocycles. The first-order valence-corrected chi connectivity index (χ1v) is 4.30. The minimum absolute atomic E-state index is 0.368. The normalized spacial score (nSPS) is 37.0. The first-order chi connectivity index (χ1) is 5.36. The van der Waals surface area contributed by atoms with Crippen LogP contribution in [0, 0.1) is 0 Å². The first kappa shape index (κ1) is 7.10. The summed E-state index contributed by atoms with van der Waals surface area (Å²) < 4.78 is 5.44. The van der Waals surface area contributed by atoms with Gasteiger partial charge < -0.3 is 10.1 Å². The fraction of sp³-hybridized carbons (Fsp3) is 0.875. The van der Waals surface area contributed by atoms with Crippen LogP contribution in [0.15, 0.2) is 4.99 Å². The fourth-order valence-electron chi connectivity index (χ4n) is 1.58. The Kier molecular flexibility index (Phi) is 1.82. The second-order valence-corrected chi connectivity index (χ2v) is 3.28. The summed E-state index contributed by atoms with van der Waals surface area (Å²) in [4.78, 5) is 4.40. The van der Waals surface area contributed by atoms with Gasteiger partial charge in [0.15, 0.2) is 0 Å². The Labute approximate surface area is 66.8 Å². The lowest BCUT2D eigenvalue weighted by Gasteiger charge is -2.08. The molecule has 2 aliphatic heterocycles. The van der Waals surface area contributed by atoms with Gasteiger partial charge in [0.1, 0.15) is 6.61 Å². The minimum atomic E-state index is 0.368. The summed E-state index contributed by atoms with van der Waals surface area (Å²) in [5.74, 6) is 0.940. The van der Waals surface area contributed by atoms with Crippen molar-refractivity contribution in [3.8, 4) is 0 Å². The lowest BCUT2D eigenvalue weighted by molar-refractivity contribution is 0.308. The predicted octanol–water partition coefficient (Wildman–Crippen LogP) is 0.556. The average Bonchev–Trinajstić information content (AvgIpc) is 2.55. The molecule has 2 heterocycles. The average molecular weight is 154 g/mol. The molecular weight excluding hydrogens is 140 g/mol. The maximum Gasteiger partial charge on any atom is 0.201 e. The number of hydrogen-bond donors (Lipinski definition) is 1. The third-order valence-electron chi connectivity index (χ3n) is 2.18. The topological polar surface area (TPSA) is 33.6 Å². The summed E-state index contributed by atoms with van der Waals surface area (Å²) in [6.07, 6.45) is 2.44. The SMILES string of the molecule is C[C@H]1COC([C@@H]2CCCN2)=N1. The second kappa shape index (κ2) is 2.81. The molecular formula is C8H14N2O. The van der Waals surface area contributed by atoms with Crippen molar-refractivity contribution < 1.29 is 4.74 Å². The Morgan fingerprint density at radius 1 is 1.64 bits per heavy atom. The highest BCUT2D eigenvalue weighted by Gasteiger charge is 2.25. The molecule has 0 unspecified atom stereocenters. The molecule has 2 atom stereocenters. The van der Waals surface area contributed by atoms with Crippen LogP contribution in [0.4, 0.5) is 0 Å². The molecule has 1 fully saturated rings. The zero-order chi connectivity index (χ0) is 7.68. The van der Waals surface area contributed by atoms with Crippen LogP contribution in [0.3, 0.4) is 0 Å². The van der Waals surface area contributed by atoms with Crippen molar-refractivity contribution in [3.63, 3.8) is 0 Å². The number of rotatable bonds is 1. The molecule has 11 heavy (non-hydrogen) atoms. The van der Waals surface area contributed by atoms with Gasteiger partial charge in [-0.15, -0.1) is 0 Å². The predicted molar refractivity (Wildman–Crippen MR) is 43.9 cm³/mol. The Balaban J connectivity index is 1.98. The van der Waals surface area contributed by atoms with E-state index < -0.39 is 0 Å². The van der Waals surface area contributed by atoms with Gasteiger partial charge in [-0.2, -0.15) is 0 Å². The number of ether oxygens (including phenoxy) is 1. The first-order valence-electron chi connectivity index (χ1n) is 4.30. The monoisotopic (exact) mass is 154 g/mol. The molecule has 3 heteroatoms. The summed E-state index contributed by atoms with van der Waals surface area (Å²) in [5.41, 5.74) is 0. The van der Waals surface area contributed by atoms with Gasteiger partial charge in [0.05, 0.1) is 12.1 Å². The van der Waals surface area contributed by atoms with Crippen molar-refractivity contribution in [2.75, 3.05) is 13.2 Å². The summed E-state index contributed by atoms with van der Waals surface area (Å²) >= 11 is 0. The molecule has 3 nitrogen and oxygen atoms in total. The lowest BCUT2D eigenvalue weighted by atomic mass is 10.2. The second-order valence-electron chi connectivity index (χ2n) is 3.28. The molecule has 0 radical (unpaired) electrons. The van der Waals surface area contributed by atoms with E-state index >= 15 is 0 Å². The van der Waals surface area contributed by atoms with Crippen molar-refractivity contribution in [1.29, 1.82) is 0 Å². The van der Waals surface area contributed by atoms with Crippen LogP contribution < -0.4 is 5.32 Å². The summed E-state index contributed by atoms with van der Waals surface area (Å²) in [6.45, 7) is 3.97. The minimum Gasteiger partial charge on any atom is -0.478 e. The van der Waals surface area contributed by atoms with Crippen molar-refractivity contribution in [2.45, 2.75) is 31.8 Å². The van der Waals surface area contributed by atoms with Crippen LogP contribution in [0.25, 0.3) is 0 Å². The van der Waals surface area contributed by atoms with Gasteiger partial charge in [0.2, 0.25) is 5.90 Å². The van der Waals surface area contributed by atoms with Gasteiger partial charge in [-0.1, -0.05) is 0 Å². The molecule has 2 rings (SSSR count). The van der Waals surface area contributed by atoms with Gasteiger partial charge >= 0.3 is 0 Å². The van der Waals surface area contributed by atoms with E-state index in [1.807, 2.05) is 0 Å². The Hall–Kier alpha value is -0.570. The van der Waals surface area contributed by atoms with Crippen LogP contribution in [-0.2, 0) is 4.74 Å². The number of hydrogen-bond acceptors (Lipinski definition) is 3. The zero-order valence-corrected chi connectivity index (χ0v) is 6.84. The highest BCUT2D eigenvalue weighted by molar-refractivity contribution is 5.83. The lowest BCUT2D eigenvalue weighted by Crippen LogP contribution is -2.30. The highest BCUT2D eigenvalue weighted by atomic mass is 16.5. The van der Waals surface area contributed by atoms with Gasteiger partial charge in [0.25, 0.3) is 0 Å². The van der Waals surface area contributed by atoms with E-state index in [1.54, 1.807) is 0 Å². The van der Waals surface area contributed by atoms with Gasteiger partial charge in [-0.3, -0.25) is 0 Å². The molecule has 0 amide bonds. The largest absolute Gasteiger partial charge is 0.478 e. The summed E-state index contributed by atoms with van der Waals surface area (Å²) in [5, 5.41) is 3.36. The number of aliphatic imine (C=N–C) groups is 1. The molecule has 0 bridgehead atoms. The van der Waals surface area contributed by atoms with Gasteiger partial charge in [-0.25, -0.2) is 4.99 Å². The smallest absolute Gasteiger partial charge is 0.201 e. The van der Waals surface area contributed by atoms with Crippen molar-refractivity contribution >= 4 is 5.90 Å². The fourth-order valence-corrected chi connectivity index (χ4v) is 1.58. The summed E-state index contributed by atoms with van der Waals surface area (Å²) in [6, 6.07) is 0.785. The molecule has 2 aliphatic rings. The molecule has 1 N–H and O–H groups in total. The standard InChI is InChI=1S/C8H14N2O/c1-6-5-11-8(10-6)7-3-2-4-9-7/h6-7,9H,2-5H2,1H3/t6-,7-/m0/s1. The van der Waals surface area contributed by atoms with E-state index in [9.17, 15) is 0 Å². The maximum atomic E-state index is 5.44. The van der Waals surface area contributed by atoms with E-state index in [4.69, 9.17) is 4.74 Å². The third kappa shape index (κ3) is 1.38. The maximum absolute atomic E-state index is 5.44. The van der Waals surface area contributed by atoms with E-state index in [0.29, 0.717) is 12.1 Å². The van der Waals surface area contributed by atoms with E-state index in [0.717, 1.165) is 19.0 Å². The highest BCUT2D eigenvalue weighted by Crippen LogP contribution is 2.13. The molecule has 0 aromatic heterocycles. The van der Waals surface area contributed by atoms with E-state index in [1.165, 1.54) is 12.8 Å². The van der Waals surface area contributed by atoms with Crippen molar-refractivity contribution in [3.05, 3.63) is 0 Å².